The molecule has 1 aromatic heterocycles. The Balaban J connectivity index is 2.02. The summed E-state index contributed by atoms with van der Waals surface area (Å²) in [4.78, 5) is 22.6. The van der Waals surface area contributed by atoms with Crippen LogP contribution in [0, 0.1) is 0 Å². The molecule has 100 valence electrons. The van der Waals surface area contributed by atoms with E-state index in [1.54, 1.807) is 0 Å². The summed E-state index contributed by atoms with van der Waals surface area (Å²) in [6.07, 6.45) is 1.36. The Morgan fingerprint density at radius 1 is 1.37 bits per heavy atom. The Morgan fingerprint density at radius 2 is 2.16 bits per heavy atom. The normalized spacial score (nSPS) is 10.6. The summed E-state index contributed by atoms with van der Waals surface area (Å²) >= 11 is 4.76. The van der Waals surface area contributed by atoms with E-state index in [2.05, 4.69) is 25.6 Å². The molecule has 1 N–H and O–H groups in total. The maximum atomic E-state index is 11.8. The lowest BCUT2D eigenvalue weighted by Crippen LogP contribution is -2.11. The molecule has 0 saturated heterocycles. The lowest BCUT2D eigenvalue weighted by molar-refractivity contribution is -0.117. The molecule has 0 unspecified atom stereocenters. The number of Topliss-reactive ketones (excluding diaryl/α,β-unsaturated/α-hetero) is 1. The standard InChI is InChI=1S/C13H13BrN2O2S/c1-8(17)3-2-4-12(18)15-13-10-7-9(14)5-6-11(10)19-16-13/h5-7H,2-4H2,1H3,(H,15,16,18). The average Bonchev–Trinajstić information content (AvgIpc) is 2.71. The van der Waals surface area contributed by atoms with Crippen molar-refractivity contribution in [1.82, 2.24) is 4.37 Å². The van der Waals surface area contributed by atoms with Gasteiger partial charge in [0.1, 0.15) is 5.78 Å². The van der Waals surface area contributed by atoms with Crippen LogP contribution in [0.15, 0.2) is 22.7 Å². The molecule has 2 aromatic rings. The number of anilines is 1. The van der Waals surface area contributed by atoms with E-state index in [4.69, 9.17) is 0 Å². The third kappa shape index (κ3) is 3.84. The van der Waals surface area contributed by atoms with E-state index >= 15 is 0 Å². The number of aromatic nitrogens is 1. The van der Waals surface area contributed by atoms with E-state index < -0.39 is 0 Å². The monoisotopic (exact) mass is 340 g/mol. The summed E-state index contributed by atoms with van der Waals surface area (Å²) < 4.78 is 6.22. The Labute approximate surface area is 123 Å². The van der Waals surface area contributed by atoms with Crippen LogP contribution in [0.2, 0.25) is 0 Å². The predicted octanol–water partition coefficient (Wildman–Crippen LogP) is 3.76. The van der Waals surface area contributed by atoms with Gasteiger partial charge in [0.2, 0.25) is 5.91 Å². The highest BCUT2D eigenvalue weighted by atomic mass is 79.9. The molecule has 0 aliphatic carbocycles. The van der Waals surface area contributed by atoms with Crippen LogP contribution in [-0.4, -0.2) is 16.1 Å². The second-order valence-electron chi connectivity index (χ2n) is 4.28. The number of carbonyl (C=O) groups is 2. The highest BCUT2D eigenvalue weighted by molar-refractivity contribution is 9.10. The summed E-state index contributed by atoms with van der Waals surface area (Å²) in [6.45, 7) is 1.53. The molecule has 2 rings (SSSR count). The molecule has 0 bridgehead atoms. The Hall–Kier alpha value is -1.27. The summed E-state index contributed by atoms with van der Waals surface area (Å²) in [5, 5.41) is 3.72. The molecule has 0 aliphatic heterocycles. The van der Waals surface area contributed by atoms with Gasteiger partial charge in [-0.2, -0.15) is 4.37 Å². The minimum Gasteiger partial charge on any atom is -0.309 e. The number of rotatable bonds is 5. The van der Waals surface area contributed by atoms with Crippen LogP contribution in [0.5, 0.6) is 0 Å². The largest absolute Gasteiger partial charge is 0.309 e. The number of halogens is 1. The smallest absolute Gasteiger partial charge is 0.225 e. The third-order valence-corrected chi connectivity index (χ3v) is 3.94. The third-order valence-electron chi connectivity index (χ3n) is 2.62. The number of nitrogens with one attached hydrogen (secondary N) is 1. The van der Waals surface area contributed by atoms with Crippen LogP contribution in [-0.2, 0) is 9.59 Å². The van der Waals surface area contributed by atoms with Crippen molar-refractivity contribution < 1.29 is 9.59 Å². The number of ketones is 1. The van der Waals surface area contributed by atoms with E-state index in [1.165, 1.54) is 18.5 Å². The van der Waals surface area contributed by atoms with Crippen molar-refractivity contribution in [2.75, 3.05) is 5.32 Å². The quantitative estimate of drug-likeness (QED) is 0.901. The molecular formula is C13H13BrN2O2S. The lowest BCUT2D eigenvalue weighted by Gasteiger charge is -2.02. The van der Waals surface area contributed by atoms with Gasteiger partial charge in [-0.3, -0.25) is 4.79 Å². The van der Waals surface area contributed by atoms with E-state index in [0.29, 0.717) is 25.1 Å². The highest BCUT2D eigenvalue weighted by Gasteiger charge is 2.10. The second kappa shape index (κ2) is 6.25. The zero-order valence-corrected chi connectivity index (χ0v) is 12.8. The Morgan fingerprint density at radius 3 is 2.89 bits per heavy atom. The van der Waals surface area contributed by atoms with Gasteiger partial charge in [-0.25, -0.2) is 0 Å². The van der Waals surface area contributed by atoms with Gasteiger partial charge in [0, 0.05) is 22.7 Å². The van der Waals surface area contributed by atoms with Crippen LogP contribution >= 0.6 is 27.5 Å². The molecule has 0 spiro atoms. The fourth-order valence-corrected chi connectivity index (χ4v) is 2.77. The number of nitrogens with zero attached hydrogens (tertiary/aromatic N) is 1. The first-order valence-electron chi connectivity index (χ1n) is 5.90. The topological polar surface area (TPSA) is 59.1 Å². The number of hydrogen-bond acceptors (Lipinski definition) is 4. The van der Waals surface area contributed by atoms with Crippen LogP contribution < -0.4 is 5.32 Å². The van der Waals surface area contributed by atoms with Gasteiger partial charge in [0.25, 0.3) is 0 Å². The van der Waals surface area contributed by atoms with Crippen molar-refractivity contribution >= 4 is 55.1 Å². The molecule has 1 amide bonds. The van der Waals surface area contributed by atoms with Crippen molar-refractivity contribution in [2.45, 2.75) is 26.2 Å². The van der Waals surface area contributed by atoms with Crippen molar-refractivity contribution in [3.05, 3.63) is 22.7 Å². The Bertz CT molecular complexity index is 624. The number of carbonyl (C=O) groups excluding carboxylic acids is 2. The maximum absolute atomic E-state index is 11.8. The SMILES string of the molecule is CC(=O)CCCC(=O)Nc1nsc2ccc(Br)cc12. The zero-order chi connectivity index (χ0) is 13.8. The van der Waals surface area contributed by atoms with Gasteiger partial charge in [0.05, 0.1) is 4.70 Å². The molecule has 0 fully saturated rings. The first-order chi connectivity index (χ1) is 9.06. The van der Waals surface area contributed by atoms with Gasteiger partial charge in [-0.1, -0.05) is 15.9 Å². The van der Waals surface area contributed by atoms with E-state index in [-0.39, 0.29) is 11.7 Å². The first kappa shape index (κ1) is 14.1. The van der Waals surface area contributed by atoms with Gasteiger partial charge in [-0.05, 0) is 43.1 Å². The fraction of sp³-hybridized carbons (Fsp3) is 0.308. The van der Waals surface area contributed by atoms with Crippen molar-refractivity contribution in [3.8, 4) is 0 Å². The second-order valence-corrected chi connectivity index (χ2v) is 6.00. The molecule has 6 heteroatoms. The zero-order valence-electron chi connectivity index (χ0n) is 10.4. The fourth-order valence-electron chi connectivity index (χ4n) is 1.69. The molecular weight excluding hydrogens is 328 g/mol. The Kier molecular flexibility index (Phi) is 4.66. The molecule has 19 heavy (non-hydrogen) atoms. The van der Waals surface area contributed by atoms with Crippen molar-refractivity contribution in [1.29, 1.82) is 0 Å². The molecule has 0 aliphatic rings. The van der Waals surface area contributed by atoms with Gasteiger partial charge >= 0.3 is 0 Å². The van der Waals surface area contributed by atoms with Gasteiger partial charge < -0.3 is 10.1 Å². The average molecular weight is 341 g/mol. The van der Waals surface area contributed by atoms with Crippen LogP contribution in [0.25, 0.3) is 10.1 Å². The van der Waals surface area contributed by atoms with E-state index in [0.717, 1.165) is 14.6 Å². The van der Waals surface area contributed by atoms with Gasteiger partial charge in [-0.15, -0.1) is 0 Å². The predicted molar refractivity (Wildman–Crippen MR) is 80.5 cm³/mol. The van der Waals surface area contributed by atoms with E-state index in [1.807, 2.05) is 18.2 Å². The molecule has 4 nitrogen and oxygen atoms in total. The van der Waals surface area contributed by atoms with Crippen molar-refractivity contribution in [2.24, 2.45) is 0 Å². The van der Waals surface area contributed by atoms with Gasteiger partial charge in [0.15, 0.2) is 5.82 Å². The summed E-state index contributed by atoms with van der Waals surface area (Å²) in [5.41, 5.74) is 0. The number of amides is 1. The summed E-state index contributed by atoms with van der Waals surface area (Å²) in [7, 11) is 0. The number of benzene rings is 1. The molecule has 0 atom stereocenters. The molecule has 0 radical (unpaired) electrons. The van der Waals surface area contributed by atoms with Crippen LogP contribution in [0.4, 0.5) is 5.82 Å². The summed E-state index contributed by atoms with van der Waals surface area (Å²) in [6, 6.07) is 5.84. The number of fused-ring (bicyclic) bond motifs is 1. The molecule has 0 saturated carbocycles. The highest BCUT2D eigenvalue weighted by Crippen LogP contribution is 2.29. The van der Waals surface area contributed by atoms with Crippen LogP contribution in [0.3, 0.4) is 0 Å². The molecule has 1 aromatic carbocycles. The minimum absolute atomic E-state index is 0.103. The van der Waals surface area contributed by atoms with Crippen LogP contribution in [0.1, 0.15) is 26.2 Å². The first-order valence-corrected chi connectivity index (χ1v) is 7.47. The minimum atomic E-state index is -0.103. The molecule has 1 heterocycles. The lowest BCUT2D eigenvalue weighted by atomic mass is 10.2. The number of hydrogen-bond donors (Lipinski definition) is 1. The maximum Gasteiger partial charge on any atom is 0.225 e. The summed E-state index contributed by atoms with van der Waals surface area (Å²) in [5.74, 6) is 0.596. The van der Waals surface area contributed by atoms with E-state index in [9.17, 15) is 9.59 Å². The van der Waals surface area contributed by atoms with Crippen molar-refractivity contribution in [3.63, 3.8) is 0 Å².